The fraction of sp³-hybridized carbons (Fsp3) is 0.231. The fourth-order valence-electron chi connectivity index (χ4n) is 1.55. The van der Waals surface area contributed by atoms with Crippen LogP contribution in [0.4, 0.5) is 21.7 Å². The number of hydrogen-bond donors (Lipinski definition) is 3. The van der Waals surface area contributed by atoms with Crippen molar-refractivity contribution in [1.29, 1.82) is 0 Å². The van der Waals surface area contributed by atoms with Gasteiger partial charge in [0, 0.05) is 18.3 Å². The minimum absolute atomic E-state index is 0.291. The Kier molecular flexibility index (Phi) is 4.63. The molecule has 0 fully saturated rings. The fourth-order valence-corrected chi connectivity index (χ4v) is 1.55. The maximum atomic E-state index is 13.1. The molecule has 0 aliphatic heterocycles. The number of halogens is 1. The molecule has 0 aliphatic rings. The van der Waals surface area contributed by atoms with Crippen molar-refractivity contribution in [3.05, 3.63) is 42.5 Å². The molecule has 0 aliphatic carbocycles. The topological polar surface area (TPSA) is 75.9 Å². The summed E-state index contributed by atoms with van der Waals surface area (Å²) in [5.41, 5.74) is 6.06. The summed E-state index contributed by atoms with van der Waals surface area (Å²) in [4.78, 5) is 8.18. The molecule has 6 heteroatoms. The summed E-state index contributed by atoms with van der Waals surface area (Å²) >= 11 is 0. The van der Waals surface area contributed by atoms with Crippen LogP contribution in [0.1, 0.15) is 6.42 Å². The zero-order valence-corrected chi connectivity index (χ0v) is 10.4. The molecular formula is C13H16FN5. The lowest BCUT2D eigenvalue weighted by Crippen LogP contribution is -2.09. The van der Waals surface area contributed by atoms with Crippen molar-refractivity contribution in [3.8, 4) is 0 Å². The van der Waals surface area contributed by atoms with Gasteiger partial charge in [-0.15, -0.1) is 0 Å². The zero-order chi connectivity index (χ0) is 13.5. The summed E-state index contributed by atoms with van der Waals surface area (Å²) in [6.45, 7) is 1.39. The maximum Gasteiger partial charge on any atom is 0.135 e. The van der Waals surface area contributed by atoms with Crippen LogP contribution >= 0.6 is 0 Å². The Balaban J connectivity index is 2.02. The highest BCUT2D eigenvalue weighted by Gasteiger charge is 2.00. The van der Waals surface area contributed by atoms with Crippen LogP contribution in [0.2, 0.25) is 0 Å². The van der Waals surface area contributed by atoms with Gasteiger partial charge in [0.1, 0.15) is 23.8 Å². The Bertz CT molecular complexity index is 532. The number of nitrogens with zero attached hydrogens (tertiary/aromatic N) is 2. The van der Waals surface area contributed by atoms with Crippen molar-refractivity contribution in [2.75, 3.05) is 23.7 Å². The van der Waals surface area contributed by atoms with E-state index in [1.165, 1.54) is 18.5 Å². The molecule has 0 radical (unpaired) electrons. The first-order valence-corrected chi connectivity index (χ1v) is 6.06. The van der Waals surface area contributed by atoms with Gasteiger partial charge in [0.25, 0.3) is 0 Å². The molecule has 0 saturated carbocycles. The van der Waals surface area contributed by atoms with E-state index < -0.39 is 0 Å². The van der Waals surface area contributed by atoms with Crippen LogP contribution in [-0.2, 0) is 0 Å². The highest BCUT2D eigenvalue weighted by molar-refractivity contribution is 5.58. The number of aromatic nitrogens is 2. The van der Waals surface area contributed by atoms with Crippen LogP contribution in [0.5, 0.6) is 0 Å². The summed E-state index contributed by atoms with van der Waals surface area (Å²) in [5, 5.41) is 6.16. The van der Waals surface area contributed by atoms with Gasteiger partial charge in [0.2, 0.25) is 0 Å². The molecule has 19 heavy (non-hydrogen) atoms. The zero-order valence-electron chi connectivity index (χ0n) is 10.4. The number of hydrogen-bond acceptors (Lipinski definition) is 5. The Hall–Kier alpha value is -2.21. The van der Waals surface area contributed by atoms with E-state index in [0.717, 1.165) is 13.0 Å². The average Bonchev–Trinajstić information content (AvgIpc) is 2.39. The Morgan fingerprint density at radius 3 is 2.79 bits per heavy atom. The van der Waals surface area contributed by atoms with E-state index >= 15 is 0 Å². The van der Waals surface area contributed by atoms with Gasteiger partial charge in [-0.05, 0) is 31.2 Å². The molecular weight excluding hydrogens is 245 g/mol. The lowest BCUT2D eigenvalue weighted by molar-refractivity contribution is 0.628. The number of rotatable bonds is 6. The second-order valence-corrected chi connectivity index (χ2v) is 3.99. The van der Waals surface area contributed by atoms with Crippen LogP contribution in [0.15, 0.2) is 36.7 Å². The van der Waals surface area contributed by atoms with Crippen molar-refractivity contribution >= 4 is 17.3 Å². The molecule has 1 aromatic carbocycles. The van der Waals surface area contributed by atoms with E-state index in [-0.39, 0.29) is 5.82 Å². The molecule has 5 nitrogen and oxygen atoms in total. The first-order valence-electron chi connectivity index (χ1n) is 6.06. The van der Waals surface area contributed by atoms with E-state index in [4.69, 9.17) is 5.73 Å². The highest BCUT2D eigenvalue weighted by Crippen LogP contribution is 2.16. The SMILES string of the molecule is NCCCNc1cc(Nc2cccc(F)c2)ncn1. The van der Waals surface area contributed by atoms with Crippen molar-refractivity contribution in [2.24, 2.45) is 5.73 Å². The molecule has 2 rings (SSSR count). The van der Waals surface area contributed by atoms with Gasteiger partial charge in [0.15, 0.2) is 0 Å². The number of anilines is 3. The van der Waals surface area contributed by atoms with Gasteiger partial charge in [-0.3, -0.25) is 0 Å². The monoisotopic (exact) mass is 261 g/mol. The molecule has 1 aromatic heterocycles. The minimum Gasteiger partial charge on any atom is -0.370 e. The summed E-state index contributed by atoms with van der Waals surface area (Å²) in [6, 6.07) is 7.97. The molecule has 1 heterocycles. The van der Waals surface area contributed by atoms with Gasteiger partial charge < -0.3 is 16.4 Å². The predicted octanol–water partition coefficient (Wildman–Crippen LogP) is 2.12. The molecule has 0 unspecified atom stereocenters. The molecule has 100 valence electrons. The van der Waals surface area contributed by atoms with Crippen molar-refractivity contribution in [2.45, 2.75) is 6.42 Å². The van der Waals surface area contributed by atoms with E-state index in [0.29, 0.717) is 23.9 Å². The lowest BCUT2D eigenvalue weighted by Gasteiger charge is -2.08. The van der Waals surface area contributed by atoms with Crippen LogP contribution in [0.3, 0.4) is 0 Å². The van der Waals surface area contributed by atoms with Gasteiger partial charge in [-0.25, -0.2) is 14.4 Å². The first-order chi connectivity index (χ1) is 9.28. The summed E-state index contributed by atoms with van der Waals surface area (Å²) < 4.78 is 13.1. The van der Waals surface area contributed by atoms with Gasteiger partial charge >= 0.3 is 0 Å². The van der Waals surface area contributed by atoms with Crippen molar-refractivity contribution < 1.29 is 4.39 Å². The third-order valence-corrected chi connectivity index (χ3v) is 2.45. The van der Waals surface area contributed by atoms with Crippen molar-refractivity contribution in [1.82, 2.24) is 9.97 Å². The molecule has 0 atom stereocenters. The third kappa shape index (κ3) is 4.18. The summed E-state index contributed by atoms with van der Waals surface area (Å²) in [5.74, 6) is 1.03. The molecule has 0 bridgehead atoms. The Labute approximate surface area is 111 Å². The quantitative estimate of drug-likeness (QED) is 0.694. The summed E-state index contributed by atoms with van der Waals surface area (Å²) in [7, 11) is 0. The molecule has 2 aromatic rings. The molecule has 0 saturated heterocycles. The minimum atomic E-state index is -0.291. The second kappa shape index (κ2) is 6.65. The third-order valence-electron chi connectivity index (χ3n) is 2.45. The van der Waals surface area contributed by atoms with Gasteiger partial charge in [-0.1, -0.05) is 6.07 Å². The van der Waals surface area contributed by atoms with Gasteiger partial charge in [-0.2, -0.15) is 0 Å². The van der Waals surface area contributed by atoms with Crippen LogP contribution in [0.25, 0.3) is 0 Å². The number of benzene rings is 1. The maximum absolute atomic E-state index is 13.1. The normalized spacial score (nSPS) is 10.2. The number of nitrogens with two attached hydrogens (primary N) is 1. The smallest absolute Gasteiger partial charge is 0.135 e. The number of nitrogens with one attached hydrogen (secondary N) is 2. The largest absolute Gasteiger partial charge is 0.370 e. The highest BCUT2D eigenvalue weighted by atomic mass is 19.1. The van der Waals surface area contributed by atoms with Crippen LogP contribution < -0.4 is 16.4 Å². The standard InChI is InChI=1S/C13H16FN5/c14-10-3-1-4-11(7-10)19-13-8-12(17-9-18-13)16-6-2-5-15/h1,3-4,7-9H,2,5-6,15H2,(H2,16,17,18,19). The van der Waals surface area contributed by atoms with Gasteiger partial charge in [0.05, 0.1) is 0 Å². The van der Waals surface area contributed by atoms with E-state index in [9.17, 15) is 4.39 Å². The first kappa shape index (κ1) is 13.2. The van der Waals surface area contributed by atoms with E-state index in [1.807, 2.05) is 0 Å². The lowest BCUT2D eigenvalue weighted by atomic mass is 10.3. The van der Waals surface area contributed by atoms with E-state index in [2.05, 4.69) is 20.6 Å². The Morgan fingerprint density at radius 2 is 2.00 bits per heavy atom. The predicted molar refractivity (Wildman–Crippen MR) is 73.9 cm³/mol. The molecule has 4 N–H and O–H groups in total. The molecule has 0 spiro atoms. The van der Waals surface area contributed by atoms with E-state index in [1.54, 1.807) is 18.2 Å². The molecule has 0 amide bonds. The average molecular weight is 261 g/mol. The van der Waals surface area contributed by atoms with Crippen LogP contribution in [-0.4, -0.2) is 23.1 Å². The Morgan fingerprint density at radius 1 is 1.16 bits per heavy atom. The van der Waals surface area contributed by atoms with Crippen LogP contribution in [0, 0.1) is 5.82 Å². The second-order valence-electron chi connectivity index (χ2n) is 3.99. The summed E-state index contributed by atoms with van der Waals surface area (Å²) in [6.07, 6.45) is 2.32. The van der Waals surface area contributed by atoms with Crippen molar-refractivity contribution in [3.63, 3.8) is 0 Å².